The lowest BCUT2D eigenvalue weighted by Crippen LogP contribution is -2.30. The number of aryl methyl sites for hydroxylation is 2. The number of amides is 2. The molecule has 0 aromatic heterocycles. The van der Waals surface area contributed by atoms with Crippen molar-refractivity contribution >= 4 is 46.4 Å². The van der Waals surface area contributed by atoms with Crippen LogP contribution in [0.15, 0.2) is 84.9 Å². The highest BCUT2D eigenvalue weighted by Gasteiger charge is 2.17. The van der Waals surface area contributed by atoms with Crippen LogP contribution < -0.4 is 20.1 Å². The Balaban J connectivity index is 1.27. The summed E-state index contributed by atoms with van der Waals surface area (Å²) < 4.78 is 11.6. The van der Waals surface area contributed by atoms with E-state index in [0.29, 0.717) is 39.3 Å². The van der Waals surface area contributed by atoms with Gasteiger partial charge in [-0.1, -0.05) is 47.5 Å². The predicted molar refractivity (Wildman–Crippen MR) is 166 cm³/mol. The average molecular weight is 592 g/mol. The topological polar surface area (TPSA) is 76.7 Å². The molecule has 0 fully saturated rings. The van der Waals surface area contributed by atoms with Gasteiger partial charge in [-0.25, -0.2) is 0 Å². The van der Waals surface area contributed by atoms with Crippen LogP contribution in [0.1, 0.15) is 36.1 Å². The van der Waals surface area contributed by atoms with Crippen molar-refractivity contribution in [1.82, 2.24) is 0 Å². The Hall–Kier alpha value is -4.00. The van der Waals surface area contributed by atoms with Crippen molar-refractivity contribution in [2.24, 2.45) is 0 Å². The Morgan fingerprint density at radius 1 is 0.634 bits per heavy atom. The highest BCUT2D eigenvalue weighted by atomic mass is 35.5. The Labute approximate surface area is 250 Å². The highest BCUT2D eigenvalue weighted by Crippen LogP contribution is 2.25. The number of nitrogens with one attached hydrogen (secondary N) is 2. The number of ether oxygens (including phenoxy) is 2. The molecule has 0 aliphatic rings. The molecule has 0 saturated heterocycles. The van der Waals surface area contributed by atoms with E-state index in [1.807, 2.05) is 62.4 Å². The van der Waals surface area contributed by atoms with Crippen molar-refractivity contribution in [3.63, 3.8) is 0 Å². The molecule has 212 valence electrons. The lowest BCUT2D eigenvalue weighted by Gasteiger charge is -2.17. The van der Waals surface area contributed by atoms with Crippen molar-refractivity contribution in [1.29, 1.82) is 0 Å². The van der Waals surface area contributed by atoms with Gasteiger partial charge in [-0.3, -0.25) is 9.59 Å². The van der Waals surface area contributed by atoms with E-state index < -0.39 is 12.2 Å². The molecule has 4 rings (SSSR count). The van der Waals surface area contributed by atoms with Crippen LogP contribution in [0.4, 0.5) is 11.4 Å². The van der Waals surface area contributed by atoms with Gasteiger partial charge in [-0.05, 0) is 117 Å². The van der Waals surface area contributed by atoms with E-state index in [4.69, 9.17) is 32.7 Å². The molecule has 2 atom stereocenters. The zero-order valence-corrected chi connectivity index (χ0v) is 24.8. The molecule has 0 aliphatic carbocycles. The minimum absolute atomic E-state index is 0.243. The van der Waals surface area contributed by atoms with Gasteiger partial charge in [-0.2, -0.15) is 0 Å². The number of rotatable bonds is 10. The van der Waals surface area contributed by atoms with Gasteiger partial charge in [0.2, 0.25) is 0 Å². The summed E-state index contributed by atoms with van der Waals surface area (Å²) in [6.45, 7) is 7.18. The number of carbonyl (C=O) groups excluding carboxylic acids is 2. The van der Waals surface area contributed by atoms with Crippen molar-refractivity contribution in [3.8, 4) is 11.5 Å². The third-order valence-electron chi connectivity index (χ3n) is 6.47. The highest BCUT2D eigenvalue weighted by molar-refractivity contribution is 6.31. The number of carbonyl (C=O) groups is 2. The summed E-state index contributed by atoms with van der Waals surface area (Å²) in [4.78, 5) is 25.3. The second-order valence-corrected chi connectivity index (χ2v) is 10.8. The standard InChI is InChI=1S/C33H32Cl2N2O4/c1-20-17-26(34)9-15-30(20)40-22(3)32(38)36-28-11-5-24(6-12-28)19-25-7-13-29(14-8-25)37-33(39)23(4)41-31-16-10-27(35)18-21(31)2/h5-18,22-23H,19H2,1-4H3,(H,36,38)(H,37,39). The van der Waals surface area contributed by atoms with Crippen LogP contribution in [-0.4, -0.2) is 24.0 Å². The zero-order chi connectivity index (χ0) is 29.5. The molecule has 0 aliphatic heterocycles. The largest absolute Gasteiger partial charge is 0.481 e. The second-order valence-electron chi connectivity index (χ2n) is 9.89. The Kier molecular flexibility index (Phi) is 9.92. The first-order valence-electron chi connectivity index (χ1n) is 13.2. The van der Waals surface area contributed by atoms with Crippen molar-refractivity contribution < 1.29 is 19.1 Å². The van der Waals surface area contributed by atoms with E-state index >= 15 is 0 Å². The van der Waals surface area contributed by atoms with Gasteiger partial charge in [0, 0.05) is 21.4 Å². The van der Waals surface area contributed by atoms with Crippen LogP contribution >= 0.6 is 23.2 Å². The average Bonchev–Trinajstić information content (AvgIpc) is 2.93. The van der Waals surface area contributed by atoms with Crippen molar-refractivity contribution in [3.05, 3.63) is 117 Å². The Bertz CT molecular complexity index is 1410. The lowest BCUT2D eigenvalue weighted by molar-refractivity contribution is -0.122. The first kappa shape index (κ1) is 30.0. The molecule has 0 bridgehead atoms. The lowest BCUT2D eigenvalue weighted by atomic mass is 10.0. The third-order valence-corrected chi connectivity index (χ3v) is 6.94. The predicted octanol–water partition coefficient (Wildman–Crippen LogP) is 8.01. The maximum atomic E-state index is 12.6. The second kappa shape index (κ2) is 13.6. The van der Waals surface area contributed by atoms with Gasteiger partial charge in [0.1, 0.15) is 11.5 Å². The first-order chi connectivity index (χ1) is 19.6. The fraction of sp³-hybridized carbons (Fsp3) is 0.212. The molecule has 4 aromatic carbocycles. The normalized spacial score (nSPS) is 12.2. The number of benzene rings is 4. The molecule has 41 heavy (non-hydrogen) atoms. The number of hydrogen-bond donors (Lipinski definition) is 2. The Morgan fingerprint density at radius 3 is 1.34 bits per heavy atom. The fourth-order valence-corrected chi connectivity index (χ4v) is 4.57. The maximum Gasteiger partial charge on any atom is 0.265 e. The fourth-order valence-electron chi connectivity index (χ4n) is 4.11. The molecule has 0 radical (unpaired) electrons. The summed E-state index contributed by atoms with van der Waals surface area (Å²) in [5.74, 6) is 0.753. The van der Waals surface area contributed by atoms with Gasteiger partial charge < -0.3 is 20.1 Å². The quantitative estimate of drug-likeness (QED) is 0.196. The first-order valence-corrected chi connectivity index (χ1v) is 14.0. The number of hydrogen-bond acceptors (Lipinski definition) is 4. The molecule has 6 nitrogen and oxygen atoms in total. The zero-order valence-electron chi connectivity index (χ0n) is 23.3. The van der Waals surface area contributed by atoms with Crippen LogP contribution in [0.25, 0.3) is 0 Å². The van der Waals surface area contributed by atoms with E-state index in [1.54, 1.807) is 50.2 Å². The van der Waals surface area contributed by atoms with Gasteiger partial charge in [0.05, 0.1) is 0 Å². The summed E-state index contributed by atoms with van der Waals surface area (Å²) in [6.07, 6.45) is -0.651. The van der Waals surface area contributed by atoms with Crippen LogP contribution in [0.5, 0.6) is 11.5 Å². The van der Waals surface area contributed by atoms with Crippen molar-refractivity contribution in [2.45, 2.75) is 46.3 Å². The van der Waals surface area contributed by atoms with Crippen LogP contribution in [-0.2, 0) is 16.0 Å². The third kappa shape index (κ3) is 8.49. The number of halogens is 2. The molecule has 2 unspecified atom stereocenters. The minimum atomic E-state index is -0.676. The van der Waals surface area contributed by atoms with E-state index in [1.165, 1.54) is 0 Å². The van der Waals surface area contributed by atoms with Crippen LogP contribution in [0.2, 0.25) is 10.0 Å². The van der Waals surface area contributed by atoms with Crippen molar-refractivity contribution in [2.75, 3.05) is 10.6 Å². The monoisotopic (exact) mass is 590 g/mol. The number of anilines is 2. The molecule has 0 heterocycles. The Morgan fingerprint density at radius 2 is 1.00 bits per heavy atom. The SMILES string of the molecule is Cc1cc(Cl)ccc1OC(C)C(=O)Nc1ccc(Cc2ccc(NC(=O)C(C)Oc3ccc(Cl)cc3C)cc2)cc1. The van der Waals surface area contributed by atoms with Crippen LogP contribution in [0.3, 0.4) is 0 Å². The molecule has 4 aromatic rings. The molecule has 2 N–H and O–H groups in total. The molecular weight excluding hydrogens is 559 g/mol. The van der Waals surface area contributed by atoms with Gasteiger partial charge in [0.15, 0.2) is 12.2 Å². The van der Waals surface area contributed by atoms with Crippen LogP contribution in [0, 0.1) is 13.8 Å². The molecular formula is C33H32Cl2N2O4. The molecule has 8 heteroatoms. The van der Waals surface area contributed by atoms with Gasteiger partial charge in [-0.15, -0.1) is 0 Å². The summed E-state index contributed by atoms with van der Waals surface area (Å²) in [5, 5.41) is 7.03. The summed E-state index contributed by atoms with van der Waals surface area (Å²) in [5.41, 5.74) is 5.27. The summed E-state index contributed by atoms with van der Waals surface area (Å²) >= 11 is 12.0. The smallest absolute Gasteiger partial charge is 0.265 e. The van der Waals surface area contributed by atoms with E-state index in [9.17, 15) is 9.59 Å². The van der Waals surface area contributed by atoms with E-state index in [0.717, 1.165) is 22.3 Å². The molecule has 2 amide bonds. The minimum Gasteiger partial charge on any atom is -0.481 e. The molecule has 0 saturated carbocycles. The van der Waals surface area contributed by atoms with E-state index in [-0.39, 0.29) is 11.8 Å². The van der Waals surface area contributed by atoms with Gasteiger partial charge in [0.25, 0.3) is 11.8 Å². The maximum absolute atomic E-state index is 12.6. The van der Waals surface area contributed by atoms with Gasteiger partial charge >= 0.3 is 0 Å². The summed E-state index contributed by atoms with van der Waals surface area (Å²) in [7, 11) is 0. The summed E-state index contributed by atoms with van der Waals surface area (Å²) in [6, 6.07) is 25.9. The van der Waals surface area contributed by atoms with E-state index in [2.05, 4.69) is 10.6 Å². The molecule has 0 spiro atoms.